The zero-order chi connectivity index (χ0) is 9.40. The summed E-state index contributed by atoms with van der Waals surface area (Å²) in [6.45, 7) is 5.76. The Balaban J connectivity index is 3.58. The lowest BCUT2D eigenvalue weighted by molar-refractivity contribution is -0.117. The summed E-state index contributed by atoms with van der Waals surface area (Å²) >= 11 is 0. The van der Waals surface area contributed by atoms with Crippen LogP contribution in [0.5, 0.6) is 0 Å². The third-order valence-corrected chi connectivity index (χ3v) is 1.69. The first kappa shape index (κ1) is 11.2. The van der Waals surface area contributed by atoms with E-state index in [1.165, 1.54) is 0 Å². The van der Waals surface area contributed by atoms with Crippen molar-refractivity contribution in [1.29, 1.82) is 0 Å². The second kappa shape index (κ2) is 6.84. The Morgan fingerprint density at radius 2 is 2.08 bits per heavy atom. The molecule has 0 aromatic rings. The van der Waals surface area contributed by atoms with Crippen molar-refractivity contribution in [2.75, 3.05) is 0 Å². The summed E-state index contributed by atoms with van der Waals surface area (Å²) in [5, 5.41) is 0. The molecule has 0 saturated carbocycles. The Kier molecular flexibility index (Phi) is 6.35. The largest absolute Gasteiger partial charge is 0.300 e. The SMILES string of the molecule is C/C=C\C=C/C(C)CCC(C)=O. The normalized spacial score (nSPS) is 14.2. The fraction of sp³-hybridized carbons (Fsp3) is 0.545. The lowest BCUT2D eigenvalue weighted by Crippen LogP contribution is -1.95. The highest BCUT2D eigenvalue weighted by Crippen LogP contribution is 2.07. The molecular weight excluding hydrogens is 148 g/mol. The van der Waals surface area contributed by atoms with Gasteiger partial charge in [-0.2, -0.15) is 0 Å². The van der Waals surface area contributed by atoms with Crippen molar-refractivity contribution in [3.8, 4) is 0 Å². The third kappa shape index (κ3) is 7.26. The van der Waals surface area contributed by atoms with Gasteiger partial charge in [0.15, 0.2) is 0 Å². The van der Waals surface area contributed by atoms with Gasteiger partial charge in [-0.25, -0.2) is 0 Å². The maximum atomic E-state index is 10.6. The van der Waals surface area contributed by atoms with Crippen molar-refractivity contribution >= 4 is 5.78 Å². The van der Waals surface area contributed by atoms with E-state index in [0.29, 0.717) is 12.3 Å². The molecule has 0 fully saturated rings. The van der Waals surface area contributed by atoms with Crippen LogP contribution in [0.2, 0.25) is 0 Å². The van der Waals surface area contributed by atoms with Crippen molar-refractivity contribution in [2.45, 2.75) is 33.6 Å². The zero-order valence-corrected chi connectivity index (χ0v) is 8.21. The molecule has 1 atom stereocenters. The van der Waals surface area contributed by atoms with Gasteiger partial charge >= 0.3 is 0 Å². The average Bonchev–Trinajstić information content (AvgIpc) is 2.01. The zero-order valence-electron chi connectivity index (χ0n) is 8.21. The summed E-state index contributed by atoms with van der Waals surface area (Å²) in [7, 11) is 0. The second-order valence-corrected chi connectivity index (χ2v) is 3.13. The van der Waals surface area contributed by atoms with Gasteiger partial charge in [-0.05, 0) is 26.2 Å². The summed E-state index contributed by atoms with van der Waals surface area (Å²) in [5.41, 5.74) is 0. The van der Waals surface area contributed by atoms with Crippen molar-refractivity contribution in [3.63, 3.8) is 0 Å². The standard InChI is InChI=1S/C11H18O/c1-4-5-6-7-10(2)8-9-11(3)12/h4-7,10H,8-9H2,1-3H3/b5-4-,7-6-. The number of allylic oxidation sites excluding steroid dienone is 4. The molecule has 0 saturated heterocycles. The first-order valence-corrected chi connectivity index (χ1v) is 4.45. The van der Waals surface area contributed by atoms with Gasteiger partial charge in [0.2, 0.25) is 0 Å². The van der Waals surface area contributed by atoms with E-state index in [0.717, 1.165) is 6.42 Å². The molecule has 0 aromatic carbocycles. The number of hydrogen-bond acceptors (Lipinski definition) is 1. The van der Waals surface area contributed by atoms with Gasteiger partial charge in [-0.15, -0.1) is 0 Å². The minimum atomic E-state index is 0.279. The van der Waals surface area contributed by atoms with Crippen LogP contribution in [0.3, 0.4) is 0 Å². The summed E-state index contributed by atoms with van der Waals surface area (Å²) in [5.74, 6) is 0.784. The summed E-state index contributed by atoms with van der Waals surface area (Å²) in [4.78, 5) is 10.6. The molecule has 0 N–H and O–H groups in total. The van der Waals surface area contributed by atoms with Gasteiger partial charge in [-0.1, -0.05) is 31.2 Å². The maximum Gasteiger partial charge on any atom is 0.129 e. The molecule has 0 heterocycles. The van der Waals surface area contributed by atoms with Crippen LogP contribution >= 0.6 is 0 Å². The molecule has 12 heavy (non-hydrogen) atoms. The highest BCUT2D eigenvalue weighted by molar-refractivity contribution is 5.75. The smallest absolute Gasteiger partial charge is 0.129 e. The predicted octanol–water partition coefficient (Wildman–Crippen LogP) is 3.12. The second-order valence-electron chi connectivity index (χ2n) is 3.13. The molecule has 0 radical (unpaired) electrons. The van der Waals surface area contributed by atoms with E-state index in [1.54, 1.807) is 6.92 Å². The van der Waals surface area contributed by atoms with Gasteiger partial charge in [0.25, 0.3) is 0 Å². The Morgan fingerprint density at radius 1 is 1.42 bits per heavy atom. The fourth-order valence-corrected chi connectivity index (χ4v) is 0.892. The van der Waals surface area contributed by atoms with E-state index >= 15 is 0 Å². The molecule has 0 aromatic heterocycles. The molecule has 0 spiro atoms. The molecule has 1 heteroatoms. The van der Waals surface area contributed by atoms with Crippen LogP contribution in [0.25, 0.3) is 0 Å². The van der Waals surface area contributed by atoms with E-state index in [4.69, 9.17) is 0 Å². The van der Waals surface area contributed by atoms with Crippen molar-refractivity contribution < 1.29 is 4.79 Å². The lowest BCUT2D eigenvalue weighted by atomic mass is 10.0. The van der Waals surface area contributed by atoms with Crippen LogP contribution in [0.4, 0.5) is 0 Å². The van der Waals surface area contributed by atoms with Gasteiger partial charge in [0.1, 0.15) is 5.78 Å². The number of carbonyl (C=O) groups excluding carboxylic acids is 1. The molecule has 0 aliphatic heterocycles. The highest BCUT2D eigenvalue weighted by atomic mass is 16.1. The van der Waals surface area contributed by atoms with E-state index in [-0.39, 0.29) is 5.78 Å². The number of carbonyl (C=O) groups is 1. The van der Waals surface area contributed by atoms with Crippen molar-refractivity contribution in [1.82, 2.24) is 0 Å². The summed E-state index contributed by atoms with van der Waals surface area (Å²) in [6, 6.07) is 0. The van der Waals surface area contributed by atoms with Crippen LogP contribution in [0.15, 0.2) is 24.3 Å². The molecule has 0 amide bonds. The average molecular weight is 166 g/mol. The number of Topliss-reactive ketones (excluding diaryl/α,β-unsaturated/α-hetero) is 1. The monoisotopic (exact) mass is 166 g/mol. The minimum absolute atomic E-state index is 0.279. The number of ketones is 1. The number of rotatable bonds is 5. The van der Waals surface area contributed by atoms with E-state index in [9.17, 15) is 4.79 Å². The maximum absolute atomic E-state index is 10.6. The highest BCUT2D eigenvalue weighted by Gasteiger charge is 1.98. The van der Waals surface area contributed by atoms with Crippen LogP contribution in [0.1, 0.15) is 33.6 Å². The first-order chi connectivity index (χ1) is 5.66. The Labute approximate surface area is 75.2 Å². The summed E-state index contributed by atoms with van der Waals surface area (Å²) < 4.78 is 0. The van der Waals surface area contributed by atoms with Gasteiger partial charge in [0.05, 0.1) is 0 Å². The van der Waals surface area contributed by atoms with Crippen LogP contribution in [-0.2, 0) is 4.79 Å². The summed E-state index contributed by atoms with van der Waals surface area (Å²) in [6.07, 6.45) is 9.82. The van der Waals surface area contributed by atoms with Gasteiger partial charge < -0.3 is 4.79 Å². The quantitative estimate of drug-likeness (QED) is 0.573. The topological polar surface area (TPSA) is 17.1 Å². The fourth-order valence-electron chi connectivity index (χ4n) is 0.892. The van der Waals surface area contributed by atoms with Crippen molar-refractivity contribution in [2.24, 2.45) is 5.92 Å². The van der Waals surface area contributed by atoms with Gasteiger partial charge in [0, 0.05) is 6.42 Å². The first-order valence-electron chi connectivity index (χ1n) is 4.45. The molecular formula is C11H18O. The van der Waals surface area contributed by atoms with E-state index in [2.05, 4.69) is 13.0 Å². The predicted molar refractivity (Wildman–Crippen MR) is 53.0 cm³/mol. The van der Waals surface area contributed by atoms with E-state index in [1.807, 2.05) is 25.2 Å². The molecule has 1 unspecified atom stereocenters. The van der Waals surface area contributed by atoms with Crippen LogP contribution in [-0.4, -0.2) is 5.78 Å². The molecule has 1 nitrogen and oxygen atoms in total. The van der Waals surface area contributed by atoms with Crippen LogP contribution in [0, 0.1) is 5.92 Å². The minimum Gasteiger partial charge on any atom is -0.300 e. The van der Waals surface area contributed by atoms with Gasteiger partial charge in [-0.3, -0.25) is 0 Å². The molecule has 68 valence electrons. The molecule has 0 rings (SSSR count). The Bertz CT molecular complexity index is 177. The molecule has 0 aliphatic carbocycles. The Hall–Kier alpha value is -0.850. The number of hydrogen-bond donors (Lipinski definition) is 0. The van der Waals surface area contributed by atoms with Crippen molar-refractivity contribution in [3.05, 3.63) is 24.3 Å². The molecule has 0 aliphatic rings. The lowest BCUT2D eigenvalue weighted by Gasteiger charge is -2.01. The molecule has 0 bridgehead atoms. The van der Waals surface area contributed by atoms with Crippen LogP contribution < -0.4 is 0 Å². The van der Waals surface area contributed by atoms with E-state index < -0.39 is 0 Å². The third-order valence-electron chi connectivity index (χ3n) is 1.69. The Morgan fingerprint density at radius 3 is 2.58 bits per heavy atom.